The number of nitrogens with two attached hydrogens (primary N) is 1. The van der Waals surface area contributed by atoms with Gasteiger partial charge in [-0.25, -0.2) is 4.79 Å². The zero-order chi connectivity index (χ0) is 29.0. The van der Waals surface area contributed by atoms with E-state index in [0.29, 0.717) is 32.0 Å². The first-order chi connectivity index (χ1) is 19.1. The SMILES string of the molecule is NCC(O)CC(=O)Nc1ccc[n+](CC2=C(C(=O)O)N3C(=O)[C@@H](NC(=O)CSc4cc(Cl)ccc4Cl)[C@H]3SC2)c1. The Kier molecular flexibility index (Phi) is 9.98. The minimum Gasteiger partial charge on any atom is -0.477 e. The zero-order valence-electron chi connectivity index (χ0n) is 20.9. The molecular weight excluding hydrogens is 601 g/mol. The zero-order valence-corrected chi connectivity index (χ0v) is 24.0. The van der Waals surface area contributed by atoms with Crippen molar-refractivity contribution >= 4 is 76.1 Å². The van der Waals surface area contributed by atoms with Crippen LogP contribution in [-0.4, -0.2) is 74.4 Å². The predicted octanol–water partition coefficient (Wildman–Crippen LogP) is 1.46. The van der Waals surface area contributed by atoms with E-state index in [-0.39, 0.29) is 36.9 Å². The maximum atomic E-state index is 13.0. The van der Waals surface area contributed by atoms with Gasteiger partial charge >= 0.3 is 5.97 Å². The van der Waals surface area contributed by atoms with Crippen LogP contribution in [0.2, 0.25) is 10.0 Å². The Morgan fingerprint density at radius 3 is 2.75 bits per heavy atom. The molecular formula is C25H26Cl2N5O6S2+. The van der Waals surface area contributed by atoms with Crippen molar-refractivity contribution in [3.8, 4) is 0 Å². The van der Waals surface area contributed by atoms with Crippen LogP contribution in [-0.2, 0) is 25.7 Å². The van der Waals surface area contributed by atoms with Gasteiger partial charge in [-0.15, -0.1) is 23.5 Å². The van der Waals surface area contributed by atoms with Gasteiger partial charge < -0.3 is 26.6 Å². The van der Waals surface area contributed by atoms with Crippen molar-refractivity contribution in [1.82, 2.24) is 10.2 Å². The fourth-order valence-corrected chi connectivity index (χ4v) is 6.81. The summed E-state index contributed by atoms with van der Waals surface area (Å²) in [5, 5.41) is 25.3. The molecule has 1 aromatic heterocycles. The van der Waals surface area contributed by atoms with Crippen molar-refractivity contribution in [2.45, 2.75) is 35.4 Å². The molecule has 3 heterocycles. The minimum atomic E-state index is -1.24. The fourth-order valence-electron chi connectivity index (χ4n) is 4.18. The lowest BCUT2D eigenvalue weighted by Crippen LogP contribution is -2.70. The fraction of sp³-hybridized carbons (Fsp3) is 0.320. The van der Waals surface area contributed by atoms with E-state index in [1.54, 1.807) is 47.3 Å². The van der Waals surface area contributed by atoms with E-state index < -0.39 is 35.3 Å². The summed E-state index contributed by atoms with van der Waals surface area (Å²) < 4.78 is 1.69. The molecule has 15 heteroatoms. The van der Waals surface area contributed by atoms with E-state index in [0.717, 1.165) is 0 Å². The maximum Gasteiger partial charge on any atom is 0.352 e. The number of β-lactam (4-membered cyclic amide) rings is 1. The number of carboxylic acids is 1. The number of fused-ring (bicyclic) bond motifs is 1. The number of thioether (sulfide) groups is 2. The van der Waals surface area contributed by atoms with Crippen molar-refractivity contribution in [2.75, 3.05) is 23.4 Å². The number of benzene rings is 1. The smallest absolute Gasteiger partial charge is 0.352 e. The molecule has 40 heavy (non-hydrogen) atoms. The summed E-state index contributed by atoms with van der Waals surface area (Å²) in [6, 6.07) is 7.41. The second-order valence-corrected chi connectivity index (χ2v) is 11.9. The number of pyridine rings is 1. The molecule has 3 atom stereocenters. The minimum absolute atomic E-state index is 0.00279. The van der Waals surface area contributed by atoms with Gasteiger partial charge in [0, 0.05) is 33.9 Å². The number of rotatable bonds is 11. The highest BCUT2D eigenvalue weighted by molar-refractivity contribution is 8.00. The molecule has 2 aliphatic rings. The van der Waals surface area contributed by atoms with Crippen LogP contribution in [0.1, 0.15) is 6.42 Å². The van der Waals surface area contributed by atoms with E-state index in [9.17, 15) is 29.4 Å². The molecule has 0 radical (unpaired) electrons. The van der Waals surface area contributed by atoms with E-state index in [1.807, 2.05) is 0 Å². The summed E-state index contributed by atoms with van der Waals surface area (Å²) in [5.74, 6) is -2.23. The topological polar surface area (TPSA) is 166 Å². The van der Waals surface area contributed by atoms with E-state index in [1.165, 1.54) is 28.4 Å². The molecule has 6 N–H and O–H groups in total. The van der Waals surface area contributed by atoms with Gasteiger partial charge in [0.2, 0.25) is 11.8 Å². The number of amides is 3. The first kappa shape index (κ1) is 30.2. The number of aromatic nitrogens is 1. The number of aliphatic hydroxyl groups excluding tert-OH is 1. The lowest BCUT2D eigenvalue weighted by atomic mass is 10.0. The lowest BCUT2D eigenvalue weighted by molar-refractivity contribution is -0.688. The molecule has 2 aliphatic heterocycles. The molecule has 3 amide bonds. The number of carbonyl (C=O) groups is 4. The molecule has 11 nitrogen and oxygen atoms in total. The summed E-state index contributed by atoms with van der Waals surface area (Å²) >= 11 is 14.7. The molecule has 2 aromatic rings. The summed E-state index contributed by atoms with van der Waals surface area (Å²) in [5.41, 5.74) is 6.19. The van der Waals surface area contributed by atoms with Crippen LogP contribution in [0.15, 0.2) is 58.9 Å². The number of hydrogen-bond acceptors (Lipinski definition) is 8. The Morgan fingerprint density at radius 1 is 1.25 bits per heavy atom. The monoisotopic (exact) mass is 626 g/mol. The number of carbonyl (C=O) groups excluding carboxylic acids is 3. The van der Waals surface area contributed by atoms with E-state index in [4.69, 9.17) is 28.9 Å². The highest BCUT2D eigenvalue weighted by Gasteiger charge is 2.54. The molecule has 1 saturated heterocycles. The predicted molar refractivity (Wildman–Crippen MR) is 152 cm³/mol. The summed E-state index contributed by atoms with van der Waals surface area (Å²) in [7, 11) is 0. The number of nitrogens with one attached hydrogen (secondary N) is 2. The highest BCUT2D eigenvalue weighted by Crippen LogP contribution is 2.40. The van der Waals surface area contributed by atoms with Gasteiger partial charge in [-0.05, 0) is 24.3 Å². The van der Waals surface area contributed by atoms with Crippen LogP contribution in [0.4, 0.5) is 5.69 Å². The van der Waals surface area contributed by atoms with E-state index >= 15 is 0 Å². The average Bonchev–Trinajstić information content (AvgIpc) is 2.91. The molecule has 1 fully saturated rings. The third kappa shape index (κ3) is 7.09. The van der Waals surface area contributed by atoms with Crippen molar-refractivity contribution in [1.29, 1.82) is 0 Å². The first-order valence-corrected chi connectivity index (χ1v) is 14.8. The first-order valence-electron chi connectivity index (χ1n) is 12.0. The largest absolute Gasteiger partial charge is 0.477 e. The number of halogens is 2. The number of anilines is 1. The van der Waals surface area contributed by atoms with Gasteiger partial charge in [-0.3, -0.25) is 19.3 Å². The number of nitrogens with zero attached hydrogens (tertiary/aromatic N) is 2. The number of aliphatic hydroxyl groups is 1. The molecule has 212 valence electrons. The standard InChI is InChI=1S/C25H25Cl2N5O6S2/c26-14-3-4-17(27)18(6-14)39-12-20(35)30-21-23(36)32-22(25(37)38)13(11-40-24(21)32)9-31-5-1-2-15(10-31)29-19(34)7-16(33)8-28/h1-6,10,16,21,24,33H,7-9,11-12,28H2,(H2-,29,30,34,35,37,38)/p+1/t16?,21-,24-/m1/s1. The summed E-state index contributed by atoms with van der Waals surface area (Å²) in [6.45, 7) is 0.123. The van der Waals surface area contributed by atoms with Crippen molar-refractivity contribution < 1.29 is 34.0 Å². The second-order valence-electron chi connectivity index (χ2n) is 8.98. The highest BCUT2D eigenvalue weighted by atomic mass is 35.5. The average molecular weight is 628 g/mol. The lowest BCUT2D eigenvalue weighted by Gasteiger charge is -2.49. The van der Waals surface area contributed by atoms with Crippen LogP contribution in [0.5, 0.6) is 0 Å². The third-order valence-corrected chi connectivity index (χ3v) is 9.10. The van der Waals surface area contributed by atoms with Gasteiger partial charge in [0.1, 0.15) is 22.8 Å². The van der Waals surface area contributed by atoms with Gasteiger partial charge in [-0.2, -0.15) is 4.57 Å². The quantitative estimate of drug-likeness (QED) is 0.141. The molecule has 4 rings (SSSR count). The normalized spacial score (nSPS) is 19.0. The van der Waals surface area contributed by atoms with Crippen LogP contribution in [0.3, 0.4) is 0 Å². The Bertz CT molecular complexity index is 1380. The third-order valence-electron chi connectivity index (χ3n) is 6.03. The molecule has 0 spiro atoms. The van der Waals surface area contributed by atoms with Gasteiger partial charge in [0.15, 0.2) is 18.9 Å². The van der Waals surface area contributed by atoms with Gasteiger partial charge in [0.05, 0.1) is 23.3 Å². The Balaban J connectivity index is 1.40. The second kappa shape index (κ2) is 13.2. The molecule has 1 aromatic carbocycles. The van der Waals surface area contributed by atoms with Crippen LogP contribution >= 0.6 is 46.7 Å². The van der Waals surface area contributed by atoms with Gasteiger partial charge in [-0.1, -0.05) is 23.2 Å². The summed E-state index contributed by atoms with van der Waals surface area (Å²) in [6.07, 6.45) is 2.23. The number of carboxylic acid groups (broad SMARTS) is 1. The van der Waals surface area contributed by atoms with Crippen LogP contribution in [0, 0.1) is 0 Å². The van der Waals surface area contributed by atoms with Gasteiger partial charge in [0.25, 0.3) is 5.91 Å². The maximum absolute atomic E-state index is 13.0. The van der Waals surface area contributed by atoms with E-state index in [2.05, 4.69) is 10.6 Å². The Hall–Kier alpha value is -2.81. The van der Waals surface area contributed by atoms with Crippen molar-refractivity contribution in [2.24, 2.45) is 5.73 Å². The molecule has 0 aliphatic carbocycles. The molecule has 1 unspecified atom stereocenters. The molecule has 0 bridgehead atoms. The van der Waals surface area contributed by atoms with Crippen molar-refractivity contribution in [3.05, 3.63) is 64.0 Å². The Labute approximate surface area is 248 Å². The number of hydrogen-bond donors (Lipinski definition) is 5. The van der Waals surface area contributed by atoms with Crippen LogP contribution < -0.4 is 20.9 Å². The van der Waals surface area contributed by atoms with Crippen LogP contribution in [0.25, 0.3) is 0 Å². The van der Waals surface area contributed by atoms with Crippen molar-refractivity contribution in [3.63, 3.8) is 0 Å². The Morgan fingerprint density at radius 2 is 2.02 bits per heavy atom. The molecule has 0 saturated carbocycles. The summed E-state index contributed by atoms with van der Waals surface area (Å²) in [4.78, 5) is 51.7. The number of aliphatic carboxylic acids is 1.